The van der Waals surface area contributed by atoms with Crippen molar-refractivity contribution in [2.75, 3.05) is 0 Å². The zero-order valence-corrected chi connectivity index (χ0v) is 13.6. The molecule has 0 unspecified atom stereocenters. The molecule has 100 valence electrons. The predicted octanol–water partition coefficient (Wildman–Crippen LogP) is 4.92. The molecule has 0 aliphatic carbocycles. The van der Waals surface area contributed by atoms with Crippen LogP contribution in [0, 0.1) is 6.92 Å². The van der Waals surface area contributed by atoms with Gasteiger partial charge in [-0.1, -0.05) is 49.7 Å². The van der Waals surface area contributed by atoms with Crippen molar-refractivity contribution in [1.82, 2.24) is 9.97 Å². The number of benzene rings is 1. The molecular weight excluding hydrogens is 324 g/mol. The van der Waals surface area contributed by atoms with Gasteiger partial charge in [0.15, 0.2) is 0 Å². The van der Waals surface area contributed by atoms with E-state index in [1.54, 1.807) is 0 Å². The number of nitrogens with zero attached hydrogens (tertiary/aromatic N) is 2. The maximum absolute atomic E-state index is 6.17. The normalized spacial score (nSPS) is 11.1. The van der Waals surface area contributed by atoms with Gasteiger partial charge >= 0.3 is 0 Å². The first-order valence-corrected chi connectivity index (χ1v) is 7.42. The van der Waals surface area contributed by atoms with E-state index in [-0.39, 0.29) is 0 Å². The minimum Gasteiger partial charge on any atom is -0.236 e. The molecule has 0 amide bonds. The maximum atomic E-state index is 6.17. The molecular formula is C15H16BrClN2. The maximum Gasteiger partial charge on any atom is 0.147 e. The van der Waals surface area contributed by atoms with E-state index in [2.05, 4.69) is 58.8 Å². The van der Waals surface area contributed by atoms with Crippen molar-refractivity contribution in [3.63, 3.8) is 0 Å². The lowest BCUT2D eigenvalue weighted by Crippen LogP contribution is -2.04. The lowest BCUT2D eigenvalue weighted by Gasteiger charge is -2.11. The van der Waals surface area contributed by atoms with Crippen LogP contribution in [0.15, 0.2) is 28.7 Å². The van der Waals surface area contributed by atoms with Gasteiger partial charge in [-0.3, -0.25) is 0 Å². The molecule has 19 heavy (non-hydrogen) atoms. The molecule has 0 aliphatic heterocycles. The Morgan fingerprint density at radius 1 is 1.21 bits per heavy atom. The first-order chi connectivity index (χ1) is 8.99. The van der Waals surface area contributed by atoms with E-state index < -0.39 is 0 Å². The molecule has 2 nitrogen and oxygen atoms in total. The molecule has 2 aromatic rings. The van der Waals surface area contributed by atoms with Crippen molar-refractivity contribution in [3.8, 4) is 0 Å². The van der Waals surface area contributed by atoms with Crippen LogP contribution in [-0.2, 0) is 6.42 Å². The van der Waals surface area contributed by atoms with Gasteiger partial charge in [0, 0.05) is 6.42 Å². The molecule has 0 saturated carbocycles. The number of rotatable bonds is 3. The number of hydrogen-bond donors (Lipinski definition) is 0. The zero-order valence-electron chi connectivity index (χ0n) is 11.2. The minimum absolute atomic E-state index is 0.311. The Morgan fingerprint density at radius 2 is 1.89 bits per heavy atom. The zero-order chi connectivity index (χ0) is 14.0. The fourth-order valence-electron chi connectivity index (χ4n) is 1.92. The Bertz CT molecular complexity index is 597. The average Bonchev–Trinajstić information content (AvgIpc) is 2.36. The van der Waals surface area contributed by atoms with E-state index in [1.807, 2.05) is 12.1 Å². The van der Waals surface area contributed by atoms with E-state index >= 15 is 0 Å². The summed E-state index contributed by atoms with van der Waals surface area (Å²) in [4.78, 5) is 8.99. The highest BCUT2D eigenvalue weighted by Gasteiger charge is 2.14. The highest BCUT2D eigenvalue weighted by atomic mass is 79.9. The highest BCUT2D eigenvalue weighted by Crippen LogP contribution is 2.29. The Hall–Kier alpha value is -0.930. The van der Waals surface area contributed by atoms with Gasteiger partial charge in [-0.25, -0.2) is 9.97 Å². The average molecular weight is 340 g/mol. The molecule has 0 spiro atoms. The summed E-state index contributed by atoms with van der Waals surface area (Å²) < 4.78 is 0.803. The molecule has 0 atom stereocenters. The fourth-order valence-corrected chi connectivity index (χ4v) is 2.75. The Balaban J connectivity index is 2.39. The molecule has 1 heterocycles. The smallest absolute Gasteiger partial charge is 0.147 e. The van der Waals surface area contributed by atoms with Gasteiger partial charge < -0.3 is 0 Å². The van der Waals surface area contributed by atoms with E-state index in [0.717, 1.165) is 16.0 Å². The summed E-state index contributed by atoms with van der Waals surface area (Å²) in [6.07, 6.45) is 0.708. The second-order valence-corrected chi connectivity index (χ2v) is 6.04. The van der Waals surface area contributed by atoms with Crippen molar-refractivity contribution < 1.29 is 0 Å². The van der Waals surface area contributed by atoms with Gasteiger partial charge in [-0.2, -0.15) is 0 Å². The Labute approximate surface area is 127 Å². The minimum atomic E-state index is 0.311. The standard InChI is InChI=1S/C15H16BrClN2/c1-9(2)14-13(16)15(17)19-12(18-14)8-11-7-5-4-6-10(11)3/h4-7,9H,8H2,1-3H3. The van der Waals surface area contributed by atoms with Crippen LogP contribution < -0.4 is 0 Å². The largest absolute Gasteiger partial charge is 0.236 e. The first kappa shape index (κ1) is 14.5. The van der Waals surface area contributed by atoms with Crippen LogP contribution in [-0.4, -0.2) is 9.97 Å². The van der Waals surface area contributed by atoms with Crippen LogP contribution >= 0.6 is 27.5 Å². The summed E-state index contributed by atoms with van der Waals surface area (Å²) in [5.74, 6) is 1.08. The summed E-state index contributed by atoms with van der Waals surface area (Å²) >= 11 is 9.63. The van der Waals surface area contributed by atoms with Crippen LogP contribution in [0.2, 0.25) is 5.15 Å². The third-order valence-electron chi connectivity index (χ3n) is 3.04. The molecule has 0 saturated heterocycles. The number of aryl methyl sites for hydroxylation is 1. The number of halogens is 2. The van der Waals surface area contributed by atoms with Gasteiger partial charge in [0.25, 0.3) is 0 Å². The van der Waals surface area contributed by atoms with Crippen molar-refractivity contribution in [1.29, 1.82) is 0 Å². The first-order valence-electron chi connectivity index (χ1n) is 6.25. The predicted molar refractivity (Wildman–Crippen MR) is 82.8 cm³/mol. The molecule has 0 bridgehead atoms. The van der Waals surface area contributed by atoms with Gasteiger partial charge in [0.1, 0.15) is 11.0 Å². The summed E-state index contributed by atoms with van der Waals surface area (Å²) in [6.45, 7) is 6.29. The number of aromatic nitrogens is 2. The van der Waals surface area contributed by atoms with Gasteiger partial charge in [0.05, 0.1) is 10.2 Å². The molecule has 1 aromatic heterocycles. The third kappa shape index (κ3) is 3.34. The highest BCUT2D eigenvalue weighted by molar-refractivity contribution is 9.10. The quantitative estimate of drug-likeness (QED) is 0.742. The molecule has 0 fully saturated rings. The summed E-state index contributed by atoms with van der Waals surface area (Å²) in [5.41, 5.74) is 3.44. The van der Waals surface area contributed by atoms with E-state index in [9.17, 15) is 0 Å². The second kappa shape index (κ2) is 6.02. The summed E-state index contributed by atoms with van der Waals surface area (Å²) in [5, 5.41) is 0.488. The van der Waals surface area contributed by atoms with Crippen molar-refractivity contribution in [2.24, 2.45) is 0 Å². The van der Waals surface area contributed by atoms with Crippen molar-refractivity contribution in [3.05, 3.63) is 56.5 Å². The van der Waals surface area contributed by atoms with Crippen molar-refractivity contribution >= 4 is 27.5 Å². The topological polar surface area (TPSA) is 25.8 Å². The lowest BCUT2D eigenvalue weighted by atomic mass is 10.1. The molecule has 0 radical (unpaired) electrons. The molecule has 4 heteroatoms. The molecule has 0 N–H and O–H groups in total. The van der Waals surface area contributed by atoms with Crippen LogP contribution in [0.3, 0.4) is 0 Å². The number of hydrogen-bond acceptors (Lipinski definition) is 2. The summed E-state index contributed by atoms with van der Waals surface area (Å²) in [7, 11) is 0. The summed E-state index contributed by atoms with van der Waals surface area (Å²) in [6, 6.07) is 8.27. The fraction of sp³-hybridized carbons (Fsp3) is 0.333. The van der Waals surface area contributed by atoms with Crippen LogP contribution in [0.5, 0.6) is 0 Å². The van der Waals surface area contributed by atoms with Crippen LogP contribution in [0.1, 0.15) is 42.4 Å². The van der Waals surface area contributed by atoms with Crippen molar-refractivity contribution in [2.45, 2.75) is 33.1 Å². The second-order valence-electron chi connectivity index (χ2n) is 4.89. The van der Waals surface area contributed by atoms with Gasteiger partial charge in [0.2, 0.25) is 0 Å². The Kier molecular flexibility index (Phi) is 4.58. The van der Waals surface area contributed by atoms with E-state index in [1.165, 1.54) is 11.1 Å². The monoisotopic (exact) mass is 338 g/mol. The SMILES string of the molecule is Cc1ccccc1Cc1nc(Cl)c(Br)c(C(C)C)n1. The third-order valence-corrected chi connectivity index (χ3v) is 4.32. The van der Waals surface area contributed by atoms with Gasteiger partial charge in [-0.05, 0) is 39.9 Å². The molecule has 1 aromatic carbocycles. The lowest BCUT2D eigenvalue weighted by molar-refractivity contribution is 0.783. The molecule has 2 rings (SSSR count). The van der Waals surface area contributed by atoms with Crippen LogP contribution in [0.4, 0.5) is 0 Å². The van der Waals surface area contributed by atoms with Gasteiger partial charge in [-0.15, -0.1) is 0 Å². The van der Waals surface area contributed by atoms with E-state index in [0.29, 0.717) is 17.5 Å². The van der Waals surface area contributed by atoms with E-state index in [4.69, 9.17) is 11.6 Å². The Morgan fingerprint density at radius 3 is 2.53 bits per heavy atom. The molecule has 0 aliphatic rings. The van der Waals surface area contributed by atoms with Crippen LogP contribution in [0.25, 0.3) is 0 Å².